The van der Waals surface area contributed by atoms with Crippen molar-refractivity contribution in [3.63, 3.8) is 0 Å². The Kier molecular flexibility index (Phi) is 3.97. The Hall–Kier alpha value is -0.0700. The van der Waals surface area contributed by atoms with Gasteiger partial charge in [0.15, 0.2) is 9.84 Å². The number of hydrogen-bond donors (Lipinski definition) is 1. The molecule has 1 heterocycles. The average molecular weight is 258 g/mol. The topological polar surface area (TPSA) is 55.4 Å². The minimum atomic E-state index is -3.01. The van der Waals surface area contributed by atoms with Crippen molar-refractivity contribution >= 4 is 38.8 Å². The fourth-order valence-corrected chi connectivity index (χ4v) is 4.08. The van der Waals surface area contributed by atoms with Crippen LogP contribution in [0.1, 0.15) is 6.92 Å². The number of alkyl halides is 1. The first-order valence-electron chi connectivity index (χ1n) is 4.22. The lowest BCUT2D eigenvalue weighted by atomic mass is 10.3. The van der Waals surface area contributed by atoms with Gasteiger partial charge in [-0.05, 0) is 19.1 Å². The van der Waals surface area contributed by atoms with Crippen LogP contribution in [0.4, 0.5) is 0 Å². The van der Waals surface area contributed by atoms with Crippen LogP contribution in [0, 0.1) is 0 Å². The van der Waals surface area contributed by atoms with Crippen molar-refractivity contribution in [1.82, 2.24) is 5.32 Å². The van der Waals surface area contributed by atoms with Gasteiger partial charge in [0, 0.05) is 0 Å². The third-order valence-corrected chi connectivity index (χ3v) is 4.47. The van der Waals surface area contributed by atoms with E-state index in [9.17, 15) is 8.42 Å². The highest BCUT2D eigenvalue weighted by Gasteiger charge is 2.36. The van der Waals surface area contributed by atoms with E-state index in [2.05, 4.69) is 5.32 Å². The Morgan fingerprint density at radius 3 is 2.71 bits per heavy atom. The lowest BCUT2D eigenvalue weighted by Crippen LogP contribution is -2.40. The first kappa shape index (κ1) is 12.0. The number of halogens is 1. The molecule has 0 spiro atoms. The summed E-state index contributed by atoms with van der Waals surface area (Å²) in [5, 5.41) is 2.56. The van der Waals surface area contributed by atoms with Crippen LogP contribution < -0.4 is 5.32 Å². The van der Waals surface area contributed by atoms with Crippen LogP contribution in [-0.4, -0.2) is 43.1 Å². The lowest BCUT2D eigenvalue weighted by molar-refractivity contribution is 0.316. The predicted molar refractivity (Wildman–Crippen MR) is 59.4 cm³/mol. The van der Waals surface area contributed by atoms with Crippen molar-refractivity contribution in [3.05, 3.63) is 0 Å². The molecular formula is C7H12ClNO3S2. The number of nitrogens with one attached hydrogen (secondary N) is 1. The van der Waals surface area contributed by atoms with Gasteiger partial charge in [0.2, 0.25) is 0 Å². The number of sulfone groups is 1. The Bertz CT molecular complexity index is 317. The van der Waals surface area contributed by atoms with Crippen molar-refractivity contribution in [2.45, 2.75) is 18.3 Å². The molecule has 1 aliphatic rings. The molecule has 14 heavy (non-hydrogen) atoms. The molecule has 82 valence electrons. The largest absolute Gasteiger partial charge is 0.471 e. The highest BCUT2D eigenvalue weighted by atomic mass is 35.5. The van der Waals surface area contributed by atoms with E-state index in [1.807, 2.05) is 0 Å². The summed E-state index contributed by atoms with van der Waals surface area (Å²) in [4.78, 5) is 0. The van der Waals surface area contributed by atoms with E-state index in [1.165, 1.54) is 0 Å². The molecule has 0 aromatic rings. The quantitative estimate of drug-likeness (QED) is 0.570. The first-order chi connectivity index (χ1) is 6.44. The Balaban J connectivity index is 2.51. The Morgan fingerprint density at radius 1 is 1.64 bits per heavy atom. The molecule has 0 amide bonds. The molecule has 1 saturated heterocycles. The fourth-order valence-electron chi connectivity index (χ4n) is 1.26. The molecule has 0 aromatic carbocycles. The molecule has 0 saturated carbocycles. The van der Waals surface area contributed by atoms with Gasteiger partial charge in [-0.3, -0.25) is 0 Å². The molecule has 7 heteroatoms. The van der Waals surface area contributed by atoms with Crippen molar-refractivity contribution in [1.29, 1.82) is 0 Å². The van der Waals surface area contributed by atoms with Crippen LogP contribution in [0.2, 0.25) is 0 Å². The lowest BCUT2D eigenvalue weighted by Gasteiger charge is -2.15. The molecule has 1 aliphatic heterocycles. The van der Waals surface area contributed by atoms with Crippen molar-refractivity contribution in [2.75, 3.05) is 18.1 Å². The standard InChI is InChI=1S/C7H12ClNO3S2/c1-2-12-7(13)9-6-4-14(10,11)3-5(6)8/h5-6H,2-4H2,1H3,(H,9,13)/t5-,6+/m1/s1. The smallest absolute Gasteiger partial charge is 0.256 e. The minimum absolute atomic E-state index is 0.000953. The molecule has 0 radical (unpaired) electrons. The van der Waals surface area contributed by atoms with Crippen molar-refractivity contribution < 1.29 is 13.2 Å². The summed E-state index contributed by atoms with van der Waals surface area (Å²) in [5.41, 5.74) is 0. The molecule has 1 rings (SSSR count). The number of thiocarbonyl (C=S) groups is 1. The highest BCUT2D eigenvalue weighted by molar-refractivity contribution is 7.91. The van der Waals surface area contributed by atoms with Gasteiger partial charge >= 0.3 is 0 Å². The second-order valence-electron chi connectivity index (χ2n) is 3.06. The van der Waals surface area contributed by atoms with Gasteiger partial charge in [0.25, 0.3) is 5.17 Å². The Labute approximate surface area is 93.9 Å². The van der Waals surface area contributed by atoms with Crippen molar-refractivity contribution in [2.24, 2.45) is 0 Å². The molecule has 1 fully saturated rings. The van der Waals surface area contributed by atoms with Crippen LogP contribution in [0.15, 0.2) is 0 Å². The monoisotopic (exact) mass is 257 g/mol. The summed E-state index contributed by atoms with van der Waals surface area (Å²) in [5.74, 6) is 0.0232. The van der Waals surface area contributed by atoms with Crippen LogP contribution in [0.25, 0.3) is 0 Å². The molecule has 4 nitrogen and oxygen atoms in total. The summed E-state index contributed by atoms with van der Waals surface area (Å²) in [6, 6.07) is -0.333. The minimum Gasteiger partial charge on any atom is -0.471 e. The van der Waals surface area contributed by atoms with E-state index in [4.69, 9.17) is 28.6 Å². The summed E-state index contributed by atoms with van der Waals surface area (Å²) in [7, 11) is -3.01. The fraction of sp³-hybridized carbons (Fsp3) is 0.857. The first-order valence-corrected chi connectivity index (χ1v) is 6.89. The third-order valence-electron chi connectivity index (χ3n) is 1.86. The normalized spacial score (nSPS) is 29.9. The zero-order valence-electron chi connectivity index (χ0n) is 7.70. The van der Waals surface area contributed by atoms with Gasteiger partial charge in [-0.2, -0.15) is 0 Å². The third kappa shape index (κ3) is 3.25. The van der Waals surface area contributed by atoms with Crippen LogP contribution >= 0.6 is 23.8 Å². The molecule has 2 atom stereocenters. The van der Waals surface area contributed by atoms with Gasteiger partial charge in [-0.25, -0.2) is 8.42 Å². The van der Waals surface area contributed by atoms with E-state index in [0.29, 0.717) is 6.61 Å². The number of ether oxygens (including phenoxy) is 1. The molecule has 0 bridgehead atoms. The highest BCUT2D eigenvalue weighted by Crippen LogP contribution is 2.17. The van der Waals surface area contributed by atoms with Gasteiger partial charge in [0.05, 0.1) is 29.5 Å². The Morgan fingerprint density at radius 2 is 2.29 bits per heavy atom. The van der Waals surface area contributed by atoms with Crippen LogP contribution in [-0.2, 0) is 14.6 Å². The zero-order valence-corrected chi connectivity index (χ0v) is 10.1. The van der Waals surface area contributed by atoms with Gasteiger partial charge in [-0.15, -0.1) is 11.6 Å². The molecule has 1 N–H and O–H groups in total. The summed E-state index contributed by atoms with van der Waals surface area (Å²) in [6.45, 7) is 2.26. The van der Waals surface area contributed by atoms with E-state index < -0.39 is 15.2 Å². The predicted octanol–water partition coefficient (Wildman–Crippen LogP) is 0.302. The van der Waals surface area contributed by atoms with Gasteiger partial charge in [0.1, 0.15) is 0 Å². The SMILES string of the molecule is CCOC(=S)N[C@H]1CS(=O)(=O)C[C@H]1Cl. The molecule has 0 aliphatic carbocycles. The maximum atomic E-state index is 11.2. The molecular weight excluding hydrogens is 246 g/mol. The number of rotatable bonds is 2. The molecule has 0 aromatic heterocycles. The zero-order chi connectivity index (χ0) is 10.8. The number of hydrogen-bond acceptors (Lipinski definition) is 4. The van der Waals surface area contributed by atoms with E-state index in [0.717, 1.165) is 0 Å². The van der Waals surface area contributed by atoms with E-state index in [1.54, 1.807) is 6.92 Å². The van der Waals surface area contributed by atoms with Gasteiger partial charge < -0.3 is 10.1 Å². The maximum Gasteiger partial charge on any atom is 0.256 e. The molecule has 0 unspecified atom stereocenters. The van der Waals surface area contributed by atoms with E-state index >= 15 is 0 Å². The average Bonchev–Trinajstić information content (AvgIpc) is 2.25. The second kappa shape index (κ2) is 4.63. The summed E-state index contributed by atoms with van der Waals surface area (Å²) < 4.78 is 27.4. The van der Waals surface area contributed by atoms with Gasteiger partial charge in [-0.1, -0.05) is 0 Å². The second-order valence-corrected chi connectivity index (χ2v) is 6.15. The van der Waals surface area contributed by atoms with Crippen LogP contribution in [0.3, 0.4) is 0 Å². The van der Waals surface area contributed by atoms with Crippen LogP contribution in [0.5, 0.6) is 0 Å². The van der Waals surface area contributed by atoms with E-state index in [-0.39, 0.29) is 22.7 Å². The summed E-state index contributed by atoms with van der Waals surface area (Å²) in [6.07, 6.45) is 0. The van der Waals surface area contributed by atoms with Crippen molar-refractivity contribution in [3.8, 4) is 0 Å². The maximum absolute atomic E-state index is 11.2. The summed E-state index contributed by atoms with van der Waals surface area (Å²) >= 11 is 10.7.